The molecule has 0 spiro atoms. The van der Waals surface area contributed by atoms with E-state index in [-0.39, 0.29) is 5.92 Å². The fraction of sp³-hybridized carbons (Fsp3) is 0.647. The summed E-state index contributed by atoms with van der Waals surface area (Å²) in [4.78, 5) is 0. The molecule has 3 nitrogen and oxygen atoms in total. The zero-order valence-electron chi connectivity index (χ0n) is 13.3. The third-order valence-corrected chi connectivity index (χ3v) is 3.88. The molecule has 0 aromatic heterocycles. The maximum absolute atomic E-state index is 9.91. The molecule has 0 aliphatic heterocycles. The van der Waals surface area contributed by atoms with Crippen molar-refractivity contribution in [2.24, 2.45) is 0 Å². The number of ether oxygens (including phenoxy) is 1. The highest BCUT2D eigenvalue weighted by Crippen LogP contribution is 2.32. The summed E-state index contributed by atoms with van der Waals surface area (Å²) in [5.74, 6) is 1.19. The van der Waals surface area contributed by atoms with Gasteiger partial charge in [0, 0.05) is 0 Å². The van der Waals surface area contributed by atoms with Crippen molar-refractivity contribution in [1.29, 1.82) is 0 Å². The van der Waals surface area contributed by atoms with Gasteiger partial charge in [-0.3, -0.25) is 0 Å². The van der Waals surface area contributed by atoms with Gasteiger partial charge in [-0.25, -0.2) is 0 Å². The highest BCUT2D eigenvalue weighted by molar-refractivity contribution is 5.43. The van der Waals surface area contributed by atoms with Gasteiger partial charge in [0.15, 0.2) is 0 Å². The first-order valence-corrected chi connectivity index (χ1v) is 7.50. The molecule has 1 aromatic carbocycles. The summed E-state index contributed by atoms with van der Waals surface area (Å²) in [5.41, 5.74) is 3.55. The van der Waals surface area contributed by atoms with Gasteiger partial charge in [0.25, 0.3) is 0 Å². The summed E-state index contributed by atoms with van der Waals surface area (Å²) in [6.45, 7) is 10.5. The second-order valence-corrected chi connectivity index (χ2v) is 5.56. The molecule has 0 radical (unpaired) electrons. The van der Waals surface area contributed by atoms with Crippen molar-refractivity contribution in [2.75, 3.05) is 6.61 Å². The van der Waals surface area contributed by atoms with Crippen molar-refractivity contribution in [2.45, 2.75) is 65.6 Å². The van der Waals surface area contributed by atoms with Crippen LogP contribution in [0, 0.1) is 13.8 Å². The Morgan fingerprint density at radius 1 is 1.10 bits per heavy atom. The Morgan fingerprint density at radius 3 is 2.25 bits per heavy atom. The molecule has 0 saturated heterocycles. The third kappa shape index (κ3) is 4.22. The van der Waals surface area contributed by atoms with Crippen LogP contribution in [-0.2, 0) is 0 Å². The summed E-state index contributed by atoms with van der Waals surface area (Å²) in [5, 5.41) is 19.4. The van der Waals surface area contributed by atoms with Gasteiger partial charge in [-0.2, -0.15) is 0 Å². The highest BCUT2D eigenvalue weighted by atomic mass is 16.5. The molecule has 3 unspecified atom stereocenters. The van der Waals surface area contributed by atoms with Crippen LogP contribution in [0.1, 0.15) is 56.2 Å². The van der Waals surface area contributed by atoms with E-state index in [4.69, 9.17) is 4.74 Å². The summed E-state index contributed by atoms with van der Waals surface area (Å²) < 4.78 is 5.62. The van der Waals surface area contributed by atoms with Gasteiger partial charge < -0.3 is 14.9 Å². The Morgan fingerprint density at radius 2 is 1.75 bits per heavy atom. The Balaban J connectivity index is 3.01. The molecule has 0 fully saturated rings. The zero-order chi connectivity index (χ0) is 15.3. The molecule has 1 rings (SSSR count). The van der Waals surface area contributed by atoms with Gasteiger partial charge in [-0.1, -0.05) is 13.0 Å². The van der Waals surface area contributed by atoms with Crippen LogP contribution in [0.5, 0.6) is 5.75 Å². The minimum Gasteiger partial charge on any atom is -0.494 e. The fourth-order valence-electron chi connectivity index (χ4n) is 2.56. The van der Waals surface area contributed by atoms with E-state index in [1.807, 2.05) is 13.8 Å². The van der Waals surface area contributed by atoms with Gasteiger partial charge in [0.1, 0.15) is 5.75 Å². The maximum Gasteiger partial charge on any atom is 0.122 e. The van der Waals surface area contributed by atoms with Gasteiger partial charge in [-0.05, 0) is 69.2 Å². The van der Waals surface area contributed by atoms with E-state index < -0.39 is 12.2 Å². The largest absolute Gasteiger partial charge is 0.494 e. The number of benzene rings is 1. The van der Waals surface area contributed by atoms with E-state index in [0.29, 0.717) is 13.0 Å². The first-order chi connectivity index (χ1) is 9.40. The van der Waals surface area contributed by atoms with Crippen LogP contribution in [0.4, 0.5) is 0 Å². The van der Waals surface area contributed by atoms with E-state index in [9.17, 15) is 10.2 Å². The topological polar surface area (TPSA) is 49.7 Å². The van der Waals surface area contributed by atoms with Crippen molar-refractivity contribution in [3.63, 3.8) is 0 Å². The Bertz CT molecular complexity index is 426. The third-order valence-electron chi connectivity index (χ3n) is 3.88. The van der Waals surface area contributed by atoms with Crippen LogP contribution in [0.25, 0.3) is 0 Å². The average Bonchev–Trinajstić information content (AvgIpc) is 2.40. The molecule has 114 valence electrons. The average molecular weight is 280 g/mol. The molecule has 0 bridgehead atoms. The monoisotopic (exact) mass is 280 g/mol. The standard InChI is InChI=1S/C17H28O3/c1-6-14(10-16(19)13(5)18)15-8-12(4)17(20-7-2)9-11(15)3/h8-9,13-14,16,18-19H,6-7,10H2,1-5H3. The fourth-order valence-corrected chi connectivity index (χ4v) is 2.56. The van der Waals surface area contributed by atoms with Gasteiger partial charge in [0.05, 0.1) is 18.8 Å². The Kier molecular flexibility index (Phi) is 6.50. The van der Waals surface area contributed by atoms with Crippen molar-refractivity contribution >= 4 is 0 Å². The molecule has 20 heavy (non-hydrogen) atoms. The van der Waals surface area contributed by atoms with Crippen molar-refractivity contribution in [3.8, 4) is 5.75 Å². The summed E-state index contributed by atoms with van der Waals surface area (Å²) in [6, 6.07) is 4.23. The first kappa shape index (κ1) is 17.0. The number of aliphatic hydroxyl groups excluding tert-OH is 2. The summed E-state index contributed by atoms with van der Waals surface area (Å²) in [6.07, 6.45) is 0.167. The normalized spacial score (nSPS) is 15.8. The van der Waals surface area contributed by atoms with Crippen molar-refractivity contribution in [3.05, 3.63) is 28.8 Å². The molecule has 0 amide bonds. The molecule has 3 heteroatoms. The molecular formula is C17H28O3. The van der Waals surface area contributed by atoms with E-state index in [1.54, 1.807) is 6.92 Å². The van der Waals surface area contributed by atoms with E-state index in [1.165, 1.54) is 11.1 Å². The van der Waals surface area contributed by atoms with Gasteiger partial charge in [0.2, 0.25) is 0 Å². The SMILES string of the molecule is CCOc1cc(C)c(C(CC)CC(O)C(C)O)cc1C. The zero-order valence-corrected chi connectivity index (χ0v) is 13.3. The van der Waals surface area contributed by atoms with Crippen molar-refractivity contribution in [1.82, 2.24) is 0 Å². The quantitative estimate of drug-likeness (QED) is 0.805. The lowest BCUT2D eigenvalue weighted by atomic mass is 9.86. The molecule has 0 saturated carbocycles. The lowest BCUT2D eigenvalue weighted by molar-refractivity contribution is 0.0214. The number of hydrogen-bond acceptors (Lipinski definition) is 3. The second-order valence-electron chi connectivity index (χ2n) is 5.56. The Labute approximate surface area is 122 Å². The Hall–Kier alpha value is -1.06. The van der Waals surface area contributed by atoms with Crippen LogP contribution in [0.2, 0.25) is 0 Å². The smallest absolute Gasteiger partial charge is 0.122 e. The molecular weight excluding hydrogens is 252 g/mol. The van der Waals surface area contributed by atoms with Gasteiger partial charge >= 0.3 is 0 Å². The van der Waals surface area contributed by atoms with Crippen LogP contribution in [-0.4, -0.2) is 29.0 Å². The highest BCUT2D eigenvalue weighted by Gasteiger charge is 2.20. The van der Waals surface area contributed by atoms with E-state index in [2.05, 4.69) is 26.0 Å². The lowest BCUT2D eigenvalue weighted by Gasteiger charge is -2.24. The number of aliphatic hydroxyl groups is 2. The van der Waals surface area contributed by atoms with E-state index in [0.717, 1.165) is 17.7 Å². The predicted molar refractivity (Wildman–Crippen MR) is 82.4 cm³/mol. The second kappa shape index (κ2) is 7.65. The lowest BCUT2D eigenvalue weighted by Crippen LogP contribution is -2.25. The summed E-state index contributed by atoms with van der Waals surface area (Å²) in [7, 11) is 0. The van der Waals surface area contributed by atoms with Crippen LogP contribution in [0.15, 0.2) is 12.1 Å². The van der Waals surface area contributed by atoms with E-state index >= 15 is 0 Å². The molecule has 1 aromatic rings. The van der Waals surface area contributed by atoms with Crippen LogP contribution < -0.4 is 4.74 Å². The summed E-state index contributed by atoms with van der Waals surface area (Å²) >= 11 is 0. The van der Waals surface area contributed by atoms with Crippen LogP contribution >= 0.6 is 0 Å². The molecule has 0 aliphatic carbocycles. The number of hydrogen-bond donors (Lipinski definition) is 2. The van der Waals surface area contributed by atoms with Gasteiger partial charge in [-0.15, -0.1) is 0 Å². The minimum atomic E-state index is -0.687. The molecule has 0 heterocycles. The minimum absolute atomic E-state index is 0.258. The van der Waals surface area contributed by atoms with Crippen molar-refractivity contribution < 1.29 is 14.9 Å². The number of rotatable bonds is 7. The maximum atomic E-state index is 9.91. The molecule has 3 atom stereocenters. The molecule has 0 aliphatic rings. The van der Waals surface area contributed by atoms with Crippen LogP contribution in [0.3, 0.4) is 0 Å². The molecule has 2 N–H and O–H groups in total. The predicted octanol–water partition coefficient (Wildman–Crippen LogP) is 3.33. The number of aryl methyl sites for hydroxylation is 2. The first-order valence-electron chi connectivity index (χ1n) is 7.50.